The molecule has 1 saturated heterocycles. The van der Waals surface area contributed by atoms with Gasteiger partial charge in [0.05, 0.1) is 0 Å². The lowest BCUT2D eigenvalue weighted by Crippen LogP contribution is -2.58. The van der Waals surface area contributed by atoms with Crippen LogP contribution in [0.15, 0.2) is 18.2 Å². The zero-order valence-corrected chi connectivity index (χ0v) is 12.6. The summed E-state index contributed by atoms with van der Waals surface area (Å²) in [5, 5.41) is 3.19. The summed E-state index contributed by atoms with van der Waals surface area (Å²) >= 11 is 0. The van der Waals surface area contributed by atoms with Crippen molar-refractivity contribution in [2.75, 3.05) is 33.7 Å². The van der Waals surface area contributed by atoms with Crippen LogP contribution in [-0.2, 0) is 4.79 Å². The molecule has 2 atom stereocenters. The zero-order valence-electron chi connectivity index (χ0n) is 12.6. The van der Waals surface area contributed by atoms with Crippen molar-refractivity contribution in [3.05, 3.63) is 35.4 Å². The number of benzene rings is 1. The van der Waals surface area contributed by atoms with E-state index < -0.39 is 11.6 Å². The van der Waals surface area contributed by atoms with Crippen LogP contribution in [0.5, 0.6) is 0 Å². The van der Waals surface area contributed by atoms with Gasteiger partial charge in [-0.25, -0.2) is 8.78 Å². The van der Waals surface area contributed by atoms with Crippen LogP contribution in [0.2, 0.25) is 0 Å². The summed E-state index contributed by atoms with van der Waals surface area (Å²) in [6, 6.07) is 2.96. The smallest absolute Gasteiger partial charge is 0.240 e. The Hall–Kier alpha value is -1.53. The van der Waals surface area contributed by atoms with Crippen molar-refractivity contribution >= 4 is 5.91 Å². The SMILES string of the molecule is CC(c1cc(F)cc(F)c1)N1CCNCC1C(=O)N(C)C. The normalized spacial score (nSPS) is 21.1. The maximum Gasteiger partial charge on any atom is 0.240 e. The lowest BCUT2D eigenvalue weighted by molar-refractivity contribution is -0.136. The number of carbonyl (C=O) groups excluding carboxylic acids is 1. The van der Waals surface area contributed by atoms with E-state index in [4.69, 9.17) is 0 Å². The largest absolute Gasteiger partial charge is 0.347 e. The predicted molar refractivity (Wildman–Crippen MR) is 76.8 cm³/mol. The quantitative estimate of drug-likeness (QED) is 0.916. The van der Waals surface area contributed by atoms with E-state index in [-0.39, 0.29) is 18.0 Å². The molecular weight excluding hydrogens is 276 g/mol. The molecule has 2 rings (SSSR count). The molecule has 0 bridgehead atoms. The van der Waals surface area contributed by atoms with E-state index in [1.54, 1.807) is 19.0 Å². The first-order chi connectivity index (χ1) is 9.90. The predicted octanol–water partition coefficient (Wildman–Crippen LogP) is 1.39. The van der Waals surface area contributed by atoms with Crippen LogP contribution in [0.4, 0.5) is 8.78 Å². The number of halogens is 2. The molecule has 21 heavy (non-hydrogen) atoms. The lowest BCUT2D eigenvalue weighted by atomic mass is 10.0. The Morgan fingerprint density at radius 2 is 1.95 bits per heavy atom. The van der Waals surface area contributed by atoms with E-state index in [1.165, 1.54) is 12.1 Å². The fraction of sp³-hybridized carbons (Fsp3) is 0.533. The third kappa shape index (κ3) is 3.57. The van der Waals surface area contributed by atoms with Gasteiger partial charge in [0.2, 0.25) is 5.91 Å². The fourth-order valence-electron chi connectivity index (χ4n) is 2.72. The van der Waals surface area contributed by atoms with Crippen molar-refractivity contribution in [1.29, 1.82) is 0 Å². The van der Waals surface area contributed by atoms with Crippen molar-refractivity contribution in [1.82, 2.24) is 15.1 Å². The van der Waals surface area contributed by atoms with Crippen molar-refractivity contribution in [3.8, 4) is 0 Å². The van der Waals surface area contributed by atoms with Crippen LogP contribution >= 0.6 is 0 Å². The molecular formula is C15H21F2N3O. The highest BCUT2D eigenvalue weighted by Crippen LogP contribution is 2.25. The maximum absolute atomic E-state index is 13.4. The number of nitrogens with zero attached hydrogens (tertiary/aromatic N) is 2. The fourth-order valence-corrected chi connectivity index (χ4v) is 2.72. The number of carbonyl (C=O) groups is 1. The van der Waals surface area contributed by atoms with E-state index in [0.29, 0.717) is 18.7 Å². The molecule has 0 aliphatic carbocycles. The molecule has 1 fully saturated rings. The number of piperazine rings is 1. The summed E-state index contributed by atoms with van der Waals surface area (Å²) < 4.78 is 26.8. The molecule has 1 amide bonds. The number of amides is 1. The number of nitrogens with one attached hydrogen (secondary N) is 1. The Morgan fingerprint density at radius 1 is 1.33 bits per heavy atom. The Morgan fingerprint density at radius 3 is 2.52 bits per heavy atom. The molecule has 4 nitrogen and oxygen atoms in total. The van der Waals surface area contributed by atoms with Gasteiger partial charge in [0, 0.05) is 45.8 Å². The molecule has 1 aliphatic heterocycles. The summed E-state index contributed by atoms with van der Waals surface area (Å²) in [5.74, 6) is -1.20. The van der Waals surface area contributed by atoms with Crippen molar-refractivity contribution in [2.45, 2.75) is 19.0 Å². The van der Waals surface area contributed by atoms with Gasteiger partial charge in [-0.05, 0) is 24.6 Å². The minimum absolute atomic E-state index is 0.00840. The molecule has 1 N–H and O–H groups in total. The Bertz CT molecular complexity index is 501. The van der Waals surface area contributed by atoms with Crippen LogP contribution in [-0.4, -0.2) is 55.5 Å². The van der Waals surface area contributed by atoms with Gasteiger partial charge < -0.3 is 10.2 Å². The highest BCUT2D eigenvalue weighted by Gasteiger charge is 2.33. The average molecular weight is 297 g/mol. The molecule has 1 aromatic carbocycles. The van der Waals surface area contributed by atoms with Gasteiger partial charge in [0.1, 0.15) is 17.7 Å². The Balaban J connectivity index is 2.25. The lowest BCUT2D eigenvalue weighted by Gasteiger charge is -2.40. The molecule has 0 spiro atoms. The molecule has 1 heterocycles. The summed E-state index contributed by atoms with van der Waals surface area (Å²) in [4.78, 5) is 15.8. The average Bonchev–Trinajstić information content (AvgIpc) is 2.44. The Kier molecular flexibility index (Phi) is 4.90. The summed E-state index contributed by atoms with van der Waals surface area (Å²) in [5.41, 5.74) is 0.547. The van der Waals surface area contributed by atoms with Crippen LogP contribution in [0, 0.1) is 11.6 Å². The first kappa shape index (κ1) is 15.9. The van der Waals surface area contributed by atoms with E-state index >= 15 is 0 Å². The molecule has 2 unspecified atom stereocenters. The molecule has 6 heteroatoms. The summed E-state index contributed by atoms with van der Waals surface area (Å²) in [6.07, 6.45) is 0. The topological polar surface area (TPSA) is 35.6 Å². The molecule has 0 radical (unpaired) electrons. The minimum Gasteiger partial charge on any atom is -0.347 e. The van der Waals surface area contributed by atoms with Crippen molar-refractivity contribution < 1.29 is 13.6 Å². The first-order valence-electron chi connectivity index (χ1n) is 7.03. The van der Waals surface area contributed by atoms with Crippen LogP contribution in [0.1, 0.15) is 18.5 Å². The highest BCUT2D eigenvalue weighted by molar-refractivity contribution is 5.81. The van der Waals surface area contributed by atoms with E-state index in [0.717, 1.165) is 12.6 Å². The van der Waals surface area contributed by atoms with Gasteiger partial charge in [0.15, 0.2) is 0 Å². The van der Waals surface area contributed by atoms with Gasteiger partial charge >= 0.3 is 0 Å². The van der Waals surface area contributed by atoms with E-state index in [1.807, 2.05) is 11.8 Å². The van der Waals surface area contributed by atoms with Gasteiger partial charge in [0.25, 0.3) is 0 Å². The van der Waals surface area contributed by atoms with Gasteiger partial charge in [-0.1, -0.05) is 0 Å². The third-order valence-corrected chi connectivity index (χ3v) is 3.88. The zero-order chi connectivity index (χ0) is 15.6. The number of hydrogen-bond donors (Lipinski definition) is 1. The van der Waals surface area contributed by atoms with Crippen LogP contribution < -0.4 is 5.32 Å². The first-order valence-corrected chi connectivity index (χ1v) is 7.03. The highest BCUT2D eigenvalue weighted by atomic mass is 19.1. The van der Waals surface area contributed by atoms with Crippen LogP contribution in [0.25, 0.3) is 0 Å². The van der Waals surface area contributed by atoms with Gasteiger partial charge in [-0.15, -0.1) is 0 Å². The monoisotopic (exact) mass is 297 g/mol. The Labute approximate surface area is 123 Å². The van der Waals surface area contributed by atoms with Crippen molar-refractivity contribution in [3.63, 3.8) is 0 Å². The standard InChI is InChI=1S/C15H21F2N3O/c1-10(11-6-12(16)8-13(17)7-11)20-5-4-18-9-14(20)15(21)19(2)3/h6-8,10,14,18H,4-5,9H2,1-3H3. The molecule has 1 aromatic rings. The van der Waals surface area contributed by atoms with Gasteiger partial charge in [-0.3, -0.25) is 9.69 Å². The number of likely N-dealkylation sites (N-methyl/N-ethyl adjacent to an activating group) is 1. The number of rotatable bonds is 3. The second-order valence-corrected chi connectivity index (χ2v) is 5.57. The minimum atomic E-state index is -0.595. The number of hydrogen-bond acceptors (Lipinski definition) is 3. The second kappa shape index (κ2) is 6.49. The summed E-state index contributed by atoms with van der Waals surface area (Å²) in [7, 11) is 3.42. The molecule has 0 aromatic heterocycles. The molecule has 116 valence electrons. The molecule has 1 aliphatic rings. The molecule has 0 saturated carbocycles. The second-order valence-electron chi connectivity index (χ2n) is 5.57. The van der Waals surface area contributed by atoms with Crippen molar-refractivity contribution in [2.24, 2.45) is 0 Å². The van der Waals surface area contributed by atoms with Gasteiger partial charge in [-0.2, -0.15) is 0 Å². The van der Waals surface area contributed by atoms with E-state index in [9.17, 15) is 13.6 Å². The third-order valence-electron chi connectivity index (χ3n) is 3.88. The van der Waals surface area contributed by atoms with Crippen LogP contribution in [0.3, 0.4) is 0 Å². The summed E-state index contributed by atoms with van der Waals surface area (Å²) in [6.45, 7) is 3.82. The maximum atomic E-state index is 13.4. The van der Waals surface area contributed by atoms with E-state index in [2.05, 4.69) is 5.32 Å².